The van der Waals surface area contributed by atoms with Gasteiger partial charge in [-0.2, -0.15) is 0 Å². The smallest absolute Gasteiger partial charge is 0.00310 e. The van der Waals surface area contributed by atoms with Crippen LogP contribution in [-0.4, -0.2) is 7.05 Å². The van der Waals surface area contributed by atoms with E-state index in [1.54, 1.807) is 0 Å². The first-order valence-electron chi connectivity index (χ1n) is 2.96. The van der Waals surface area contributed by atoms with Crippen molar-refractivity contribution in [3.63, 3.8) is 0 Å². The number of rotatable bonds is 4. The molecule has 0 aliphatic carbocycles. The van der Waals surface area contributed by atoms with Crippen LogP contribution in [-0.2, 0) is 0 Å². The predicted octanol–water partition coefficient (Wildman–Crippen LogP) is 1.72. The van der Waals surface area contributed by atoms with Crippen LogP contribution in [0, 0.1) is 6.92 Å². The molecule has 47 valence electrons. The highest BCUT2D eigenvalue weighted by Gasteiger charge is 1.85. The topological polar surface area (TPSA) is 12.0 Å². The zero-order chi connectivity index (χ0) is 6.41. The molecule has 0 aliphatic heterocycles. The van der Waals surface area contributed by atoms with E-state index in [9.17, 15) is 0 Å². The lowest BCUT2D eigenvalue weighted by atomic mass is 10.2. The molecule has 0 atom stereocenters. The Labute approximate surface area is 51.8 Å². The van der Waals surface area contributed by atoms with Gasteiger partial charge in [0.2, 0.25) is 0 Å². The molecule has 0 bridgehead atoms. The van der Waals surface area contributed by atoms with Crippen LogP contribution in [0.25, 0.3) is 0 Å². The molecule has 0 amide bonds. The van der Waals surface area contributed by atoms with E-state index in [-0.39, 0.29) is 0 Å². The highest BCUT2D eigenvalue weighted by Crippen LogP contribution is 1.98. The number of hydrogen-bond donors (Lipinski definition) is 1. The molecule has 0 rings (SSSR count). The van der Waals surface area contributed by atoms with Crippen molar-refractivity contribution in [2.45, 2.75) is 19.3 Å². The monoisotopic (exact) mass is 112 g/mol. The third kappa shape index (κ3) is 3.72. The van der Waals surface area contributed by atoms with E-state index in [0.717, 1.165) is 25.0 Å². The fraction of sp³-hybridized carbons (Fsp3) is 0.571. The molecule has 0 aliphatic rings. The van der Waals surface area contributed by atoms with Gasteiger partial charge in [0.05, 0.1) is 0 Å². The van der Waals surface area contributed by atoms with Gasteiger partial charge in [0.15, 0.2) is 0 Å². The summed E-state index contributed by atoms with van der Waals surface area (Å²) >= 11 is 0. The molecule has 8 heavy (non-hydrogen) atoms. The minimum absolute atomic E-state index is 1.00. The summed E-state index contributed by atoms with van der Waals surface area (Å²) in [4.78, 5) is 0. The molecular formula is C7H14N. The molecule has 0 saturated carbocycles. The van der Waals surface area contributed by atoms with E-state index in [1.807, 2.05) is 7.05 Å². The van der Waals surface area contributed by atoms with Gasteiger partial charge in [-0.15, -0.1) is 0 Å². The van der Waals surface area contributed by atoms with E-state index in [1.165, 1.54) is 0 Å². The van der Waals surface area contributed by atoms with Crippen LogP contribution in [0.3, 0.4) is 0 Å². The van der Waals surface area contributed by atoms with E-state index in [0.29, 0.717) is 0 Å². The van der Waals surface area contributed by atoms with Gasteiger partial charge < -0.3 is 5.32 Å². The molecule has 1 nitrogen and oxygen atoms in total. The number of hydrogen-bond acceptors (Lipinski definition) is 1. The Kier molecular flexibility index (Phi) is 4.42. The lowest BCUT2D eigenvalue weighted by molar-refractivity contribution is 0.776. The van der Waals surface area contributed by atoms with Crippen LogP contribution in [0.4, 0.5) is 0 Å². The van der Waals surface area contributed by atoms with E-state index in [2.05, 4.69) is 18.8 Å². The van der Waals surface area contributed by atoms with Gasteiger partial charge in [0.1, 0.15) is 0 Å². The molecule has 0 aromatic heterocycles. The van der Waals surface area contributed by atoms with Crippen LogP contribution in [0.2, 0.25) is 0 Å². The van der Waals surface area contributed by atoms with Gasteiger partial charge in [0.25, 0.3) is 0 Å². The second-order valence-electron chi connectivity index (χ2n) is 1.81. The molecule has 0 heterocycles. The minimum Gasteiger partial charge on any atom is -0.392 e. The largest absolute Gasteiger partial charge is 0.392 e. The summed E-state index contributed by atoms with van der Waals surface area (Å²) in [7, 11) is 1.89. The fourth-order valence-electron chi connectivity index (χ4n) is 0.463. The zero-order valence-electron chi connectivity index (χ0n) is 5.54. The van der Waals surface area contributed by atoms with Crippen molar-refractivity contribution in [3.05, 3.63) is 19.2 Å². The molecule has 0 spiro atoms. The summed E-state index contributed by atoms with van der Waals surface area (Å²) in [5, 5.41) is 2.98. The van der Waals surface area contributed by atoms with Gasteiger partial charge >= 0.3 is 0 Å². The Balaban J connectivity index is 2.99. The lowest BCUT2D eigenvalue weighted by Gasteiger charge is -2.00. The first kappa shape index (κ1) is 7.54. The normalized spacial score (nSPS) is 8.75. The number of nitrogens with one attached hydrogen (secondary N) is 1. The van der Waals surface area contributed by atoms with E-state index >= 15 is 0 Å². The number of allylic oxidation sites excluding steroid dienone is 1. The van der Waals surface area contributed by atoms with Crippen molar-refractivity contribution in [1.29, 1.82) is 0 Å². The molecule has 0 fully saturated rings. The highest BCUT2D eigenvalue weighted by molar-refractivity contribution is 4.88. The maximum Gasteiger partial charge on any atom is 0.00310 e. The first-order chi connectivity index (χ1) is 3.81. The fourth-order valence-corrected chi connectivity index (χ4v) is 0.463. The zero-order valence-corrected chi connectivity index (χ0v) is 5.54. The molecule has 0 unspecified atom stereocenters. The van der Waals surface area contributed by atoms with Crippen molar-refractivity contribution in [3.8, 4) is 0 Å². The van der Waals surface area contributed by atoms with Crippen molar-refractivity contribution < 1.29 is 0 Å². The number of unbranched alkanes of at least 4 members (excludes halogenated alkanes) is 1. The van der Waals surface area contributed by atoms with Gasteiger partial charge in [-0.3, -0.25) is 0 Å². The van der Waals surface area contributed by atoms with Crippen molar-refractivity contribution in [1.82, 2.24) is 5.32 Å². The Morgan fingerprint density at radius 2 is 2.25 bits per heavy atom. The van der Waals surface area contributed by atoms with Gasteiger partial charge in [0, 0.05) is 12.7 Å². The van der Waals surface area contributed by atoms with Gasteiger partial charge in [-0.1, -0.05) is 19.9 Å². The van der Waals surface area contributed by atoms with Crippen molar-refractivity contribution >= 4 is 0 Å². The second-order valence-corrected chi connectivity index (χ2v) is 1.81. The summed E-state index contributed by atoms with van der Waals surface area (Å²) < 4.78 is 0. The Bertz CT molecular complexity index is 66.8. The van der Waals surface area contributed by atoms with Crippen LogP contribution in [0.15, 0.2) is 12.3 Å². The Morgan fingerprint density at radius 3 is 2.62 bits per heavy atom. The predicted molar refractivity (Wildman–Crippen MR) is 37.4 cm³/mol. The van der Waals surface area contributed by atoms with Crippen LogP contribution >= 0.6 is 0 Å². The first-order valence-corrected chi connectivity index (χ1v) is 2.96. The van der Waals surface area contributed by atoms with Crippen LogP contribution in [0.1, 0.15) is 19.3 Å². The summed E-state index contributed by atoms with van der Waals surface area (Å²) in [6, 6.07) is 0. The van der Waals surface area contributed by atoms with Gasteiger partial charge in [-0.25, -0.2) is 0 Å². The third-order valence-corrected chi connectivity index (χ3v) is 1.08. The summed E-state index contributed by atoms with van der Waals surface area (Å²) in [5.41, 5.74) is 1.11. The summed E-state index contributed by atoms with van der Waals surface area (Å²) in [5.74, 6) is 0. The minimum atomic E-state index is 1.00. The average Bonchev–Trinajstić information content (AvgIpc) is 1.83. The molecule has 1 radical (unpaired) electrons. The van der Waals surface area contributed by atoms with E-state index in [4.69, 9.17) is 0 Å². The average molecular weight is 112 g/mol. The molecule has 1 heteroatoms. The van der Waals surface area contributed by atoms with Crippen molar-refractivity contribution in [2.24, 2.45) is 0 Å². The Hall–Kier alpha value is -0.460. The standard InChI is InChI=1S/C7H14N/c1-4-5-6-7(2)8-3/h8H,1-2,4-6H2,3H3. The van der Waals surface area contributed by atoms with Gasteiger partial charge in [-0.05, 0) is 12.8 Å². The molecule has 0 aromatic rings. The molecule has 1 N–H and O–H groups in total. The van der Waals surface area contributed by atoms with E-state index < -0.39 is 0 Å². The highest BCUT2D eigenvalue weighted by atomic mass is 14.8. The van der Waals surface area contributed by atoms with Crippen molar-refractivity contribution in [2.75, 3.05) is 7.05 Å². The lowest BCUT2D eigenvalue weighted by Crippen LogP contribution is -2.03. The Morgan fingerprint density at radius 1 is 1.62 bits per heavy atom. The van der Waals surface area contributed by atoms with Crippen LogP contribution in [0.5, 0.6) is 0 Å². The quantitative estimate of drug-likeness (QED) is 0.584. The SMILES string of the molecule is [CH2]CCCC(=C)NC. The molecular weight excluding hydrogens is 98.1 g/mol. The molecule has 0 saturated heterocycles. The maximum absolute atomic E-state index is 3.77. The maximum atomic E-state index is 3.77. The summed E-state index contributed by atoms with van der Waals surface area (Å²) in [6.07, 6.45) is 3.19. The third-order valence-electron chi connectivity index (χ3n) is 1.08. The summed E-state index contributed by atoms with van der Waals surface area (Å²) in [6.45, 7) is 7.49. The second kappa shape index (κ2) is 4.69. The molecule has 0 aromatic carbocycles. The van der Waals surface area contributed by atoms with Crippen LogP contribution < -0.4 is 5.32 Å².